The predicted octanol–water partition coefficient (Wildman–Crippen LogP) is 8.10. The van der Waals surface area contributed by atoms with E-state index < -0.39 is 0 Å². The molecule has 1 aliphatic carbocycles. The Morgan fingerprint density at radius 2 is 1.85 bits per heavy atom. The first-order chi connectivity index (χ1) is 16.0. The SMILES string of the molecule is CC/C(=C\C/C=C(\C)F)OCCCN(CC)C(=O)c1ccccc1/C=C/C1CCCCCC1. The lowest BCUT2D eigenvalue weighted by molar-refractivity contribution is 0.0748. The maximum absolute atomic E-state index is 13.3. The highest BCUT2D eigenvalue weighted by Crippen LogP contribution is 2.25. The zero-order chi connectivity index (χ0) is 23.9. The monoisotopic (exact) mass is 455 g/mol. The molecule has 0 spiro atoms. The highest BCUT2D eigenvalue weighted by molar-refractivity contribution is 5.97. The normalized spacial score (nSPS) is 16.1. The van der Waals surface area contributed by atoms with Gasteiger partial charge in [0.05, 0.1) is 18.2 Å². The van der Waals surface area contributed by atoms with Crippen molar-refractivity contribution in [2.75, 3.05) is 19.7 Å². The molecule has 0 N–H and O–H groups in total. The van der Waals surface area contributed by atoms with Crippen molar-refractivity contribution >= 4 is 12.0 Å². The first kappa shape index (κ1) is 26.9. The summed E-state index contributed by atoms with van der Waals surface area (Å²) in [6, 6.07) is 7.93. The minimum absolute atomic E-state index is 0.0773. The third-order valence-electron chi connectivity index (χ3n) is 6.26. The van der Waals surface area contributed by atoms with E-state index in [4.69, 9.17) is 4.74 Å². The summed E-state index contributed by atoms with van der Waals surface area (Å²) in [6.07, 6.45) is 17.8. The molecule has 1 fully saturated rings. The molecule has 0 aliphatic heterocycles. The zero-order valence-corrected chi connectivity index (χ0v) is 20.8. The van der Waals surface area contributed by atoms with Crippen LogP contribution in [-0.2, 0) is 4.74 Å². The molecule has 1 aliphatic rings. The van der Waals surface area contributed by atoms with Crippen LogP contribution in [0, 0.1) is 5.92 Å². The molecule has 2 rings (SSSR count). The zero-order valence-electron chi connectivity index (χ0n) is 20.8. The van der Waals surface area contributed by atoms with Gasteiger partial charge in [0, 0.05) is 25.1 Å². The van der Waals surface area contributed by atoms with Crippen LogP contribution in [0.1, 0.15) is 94.5 Å². The topological polar surface area (TPSA) is 29.5 Å². The summed E-state index contributed by atoms with van der Waals surface area (Å²) in [5.41, 5.74) is 1.78. The summed E-state index contributed by atoms with van der Waals surface area (Å²) < 4.78 is 18.7. The van der Waals surface area contributed by atoms with Gasteiger partial charge < -0.3 is 9.64 Å². The molecule has 0 aromatic heterocycles. The van der Waals surface area contributed by atoms with Gasteiger partial charge in [-0.25, -0.2) is 4.39 Å². The average molecular weight is 456 g/mol. The lowest BCUT2D eigenvalue weighted by Gasteiger charge is -2.22. The van der Waals surface area contributed by atoms with E-state index in [0.717, 1.165) is 29.7 Å². The third kappa shape index (κ3) is 9.98. The second-order valence-electron chi connectivity index (χ2n) is 8.84. The van der Waals surface area contributed by atoms with Gasteiger partial charge in [-0.3, -0.25) is 4.79 Å². The van der Waals surface area contributed by atoms with Crippen molar-refractivity contribution in [3.8, 4) is 0 Å². The first-order valence-electron chi connectivity index (χ1n) is 12.8. The van der Waals surface area contributed by atoms with Gasteiger partial charge in [0.25, 0.3) is 5.91 Å². The molecule has 3 nitrogen and oxygen atoms in total. The largest absolute Gasteiger partial charge is 0.498 e. The van der Waals surface area contributed by atoms with Crippen LogP contribution in [-0.4, -0.2) is 30.5 Å². The number of allylic oxidation sites excluding steroid dienone is 5. The minimum Gasteiger partial charge on any atom is -0.498 e. The van der Waals surface area contributed by atoms with Crippen molar-refractivity contribution in [2.45, 2.75) is 78.6 Å². The molecule has 1 saturated carbocycles. The number of amides is 1. The van der Waals surface area contributed by atoms with Gasteiger partial charge in [-0.1, -0.05) is 63.0 Å². The molecule has 182 valence electrons. The first-order valence-corrected chi connectivity index (χ1v) is 12.8. The van der Waals surface area contributed by atoms with Gasteiger partial charge in [-0.05, 0) is 69.2 Å². The Balaban J connectivity index is 1.93. The van der Waals surface area contributed by atoms with E-state index in [2.05, 4.69) is 12.2 Å². The number of hydrogen-bond donors (Lipinski definition) is 0. The Labute approximate surface area is 200 Å². The summed E-state index contributed by atoms with van der Waals surface area (Å²) in [6.45, 7) is 7.35. The Bertz CT molecular complexity index is 800. The lowest BCUT2D eigenvalue weighted by atomic mass is 9.97. The molecule has 0 radical (unpaired) electrons. The van der Waals surface area contributed by atoms with Crippen molar-refractivity contribution in [2.24, 2.45) is 5.92 Å². The molecule has 0 saturated heterocycles. The van der Waals surface area contributed by atoms with E-state index in [1.54, 1.807) is 0 Å². The van der Waals surface area contributed by atoms with Crippen LogP contribution in [0.3, 0.4) is 0 Å². The highest BCUT2D eigenvalue weighted by atomic mass is 19.1. The molecule has 33 heavy (non-hydrogen) atoms. The van der Waals surface area contributed by atoms with Crippen LogP contribution in [0.2, 0.25) is 0 Å². The van der Waals surface area contributed by atoms with Crippen LogP contribution >= 0.6 is 0 Å². The molecule has 4 heteroatoms. The number of carbonyl (C=O) groups is 1. The van der Waals surface area contributed by atoms with E-state index in [1.807, 2.05) is 49.1 Å². The van der Waals surface area contributed by atoms with Crippen molar-refractivity contribution < 1.29 is 13.9 Å². The number of ether oxygens (including phenoxy) is 1. The van der Waals surface area contributed by atoms with Crippen LogP contribution in [0.5, 0.6) is 0 Å². The highest BCUT2D eigenvalue weighted by Gasteiger charge is 2.17. The molecule has 1 aromatic rings. The lowest BCUT2D eigenvalue weighted by Crippen LogP contribution is -2.32. The van der Waals surface area contributed by atoms with E-state index in [-0.39, 0.29) is 11.7 Å². The van der Waals surface area contributed by atoms with E-state index in [1.165, 1.54) is 51.5 Å². The van der Waals surface area contributed by atoms with Crippen LogP contribution in [0.4, 0.5) is 4.39 Å². The second-order valence-corrected chi connectivity index (χ2v) is 8.84. The number of nitrogens with zero attached hydrogens (tertiary/aromatic N) is 1. The Kier molecular flexibility index (Phi) is 12.6. The molecule has 1 aromatic carbocycles. The summed E-state index contributed by atoms with van der Waals surface area (Å²) in [5.74, 6) is 1.40. The van der Waals surface area contributed by atoms with Crippen LogP contribution in [0.15, 0.2) is 54.1 Å². The molecular formula is C29H42FNO2. The van der Waals surface area contributed by atoms with Crippen LogP contribution < -0.4 is 0 Å². The average Bonchev–Trinajstić information content (AvgIpc) is 3.10. The second kappa shape index (κ2) is 15.5. The molecule has 0 unspecified atom stereocenters. The molecule has 0 atom stereocenters. The Morgan fingerprint density at radius 1 is 1.12 bits per heavy atom. The van der Waals surface area contributed by atoms with E-state index >= 15 is 0 Å². The van der Waals surface area contributed by atoms with Gasteiger partial charge >= 0.3 is 0 Å². The summed E-state index contributed by atoms with van der Waals surface area (Å²) in [5, 5.41) is 0. The smallest absolute Gasteiger partial charge is 0.254 e. The van der Waals surface area contributed by atoms with Crippen molar-refractivity contribution in [1.82, 2.24) is 4.90 Å². The van der Waals surface area contributed by atoms with Gasteiger partial charge in [0.1, 0.15) is 0 Å². The van der Waals surface area contributed by atoms with E-state index in [0.29, 0.717) is 32.0 Å². The Hall–Kier alpha value is -2.36. The van der Waals surface area contributed by atoms with Gasteiger partial charge in [-0.2, -0.15) is 0 Å². The van der Waals surface area contributed by atoms with Gasteiger partial charge in [-0.15, -0.1) is 0 Å². The number of benzene rings is 1. The fraction of sp³-hybridized carbons (Fsp3) is 0.552. The fourth-order valence-electron chi connectivity index (χ4n) is 4.27. The quantitative estimate of drug-likeness (QED) is 0.181. The predicted molar refractivity (Wildman–Crippen MR) is 137 cm³/mol. The summed E-state index contributed by atoms with van der Waals surface area (Å²) >= 11 is 0. The summed E-state index contributed by atoms with van der Waals surface area (Å²) in [4.78, 5) is 15.2. The Morgan fingerprint density at radius 3 is 2.52 bits per heavy atom. The van der Waals surface area contributed by atoms with Crippen molar-refractivity contribution in [3.63, 3.8) is 0 Å². The fourth-order valence-corrected chi connectivity index (χ4v) is 4.27. The van der Waals surface area contributed by atoms with E-state index in [9.17, 15) is 9.18 Å². The number of hydrogen-bond acceptors (Lipinski definition) is 2. The molecular weight excluding hydrogens is 413 g/mol. The van der Waals surface area contributed by atoms with Gasteiger partial charge in [0.2, 0.25) is 0 Å². The number of rotatable bonds is 12. The molecule has 0 bridgehead atoms. The standard InChI is InChI=1S/C29H42FNO2/c1-4-27(18-12-14-24(3)30)33-23-13-22-31(5-2)29(32)28-19-11-10-17-26(28)21-20-25-15-8-6-7-9-16-25/h10-11,14,17-21,25H,4-9,12-13,15-16,22-23H2,1-3H3/b21-20+,24-14+,27-18+. The maximum atomic E-state index is 13.3. The maximum Gasteiger partial charge on any atom is 0.254 e. The third-order valence-corrected chi connectivity index (χ3v) is 6.26. The van der Waals surface area contributed by atoms with Crippen molar-refractivity contribution in [1.29, 1.82) is 0 Å². The number of halogens is 1. The van der Waals surface area contributed by atoms with Crippen molar-refractivity contribution in [3.05, 3.63) is 65.2 Å². The summed E-state index contributed by atoms with van der Waals surface area (Å²) in [7, 11) is 0. The van der Waals surface area contributed by atoms with Gasteiger partial charge in [0.15, 0.2) is 0 Å². The number of carbonyl (C=O) groups excluding carboxylic acids is 1. The molecule has 1 amide bonds. The molecule has 0 heterocycles. The minimum atomic E-state index is -0.178. The van der Waals surface area contributed by atoms with Crippen LogP contribution in [0.25, 0.3) is 6.08 Å².